The number of hydrogen-bond donors (Lipinski definition) is 1. The van der Waals surface area contributed by atoms with E-state index in [0.717, 1.165) is 18.4 Å². The van der Waals surface area contributed by atoms with Gasteiger partial charge in [-0.3, -0.25) is 9.10 Å². The van der Waals surface area contributed by atoms with Crippen molar-refractivity contribution in [1.29, 1.82) is 0 Å². The number of rotatable bonds is 6. The molecule has 3 rings (SSSR count). The van der Waals surface area contributed by atoms with Crippen LogP contribution < -0.4 is 9.62 Å². The smallest absolute Gasteiger partial charge is 0.264 e. The molecule has 1 heterocycles. The lowest BCUT2D eigenvalue weighted by Gasteiger charge is -2.24. The van der Waals surface area contributed by atoms with Crippen LogP contribution in [0.4, 0.5) is 5.69 Å². The molecule has 0 saturated heterocycles. The summed E-state index contributed by atoms with van der Waals surface area (Å²) in [7, 11) is -3.69. The van der Waals surface area contributed by atoms with Crippen molar-refractivity contribution in [3.05, 3.63) is 58.6 Å². The molecule has 0 unspecified atom stereocenters. The average molecular weight is 407 g/mol. The molecule has 1 atom stereocenters. The van der Waals surface area contributed by atoms with E-state index in [1.54, 1.807) is 30.3 Å². The van der Waals surface area contributed by atoms with Crippen LogP contribution in [-0.2, 0) is 16.4 Å². The minimum absolute atomic E-state index is 0.127. The second-order valence-electron chi connectivity index (χ2n) is 6.76. The predicted octanol–water partition coefficient (Wildman–Crippen LogP) is 4.01. The molecule has 0 saturated carbocycles. The van der Waals surface area contributed by atoms with Crippen molar-refractivity contribution < 1.29 is 13.2 Å². The van der Waals surface area contributed by atoms with Gasteiger partial charge >= 0.3 is 0 Å². The second kappa shape index (κ2) is 7.90. The van der Waals surface area contributed by atoms with Crippen LogP contribution in [0.1, 0.15) is 42.6 Å². The van der Waals surface area contributed by atoms with E-state index < -0.39 is 10.0 Å². The first-order valence-corrected chi connectivity index (χ1v) is 10.9. The fourth-order valence-electron chi connectivity index (χ4n) is 3.31. The Morgan fingerprint density at radius 2 is 1.93 bits per heavy atom. The first-order chi connectivity index (χ1) is 12.8. The summed E-state index contributed by atoms with van der Waals surface area (Å²) in [6, 6.07) is 11.1. The molecule has 27 heavy (non-hydrogen) atoms. The van der Waals surface area contributed by atoms with E-state index in [1.165, 1.54) is 16.4 Å². The monoisotopic (exact) mass is 406 g/mol. The quantitative estimate of drug-likeness (QED) is 0.737. The van der Waals surface area contributed by atoms with Crippen molar-refractivity contribution in [2.24, 2.45) is 0 Å². The van der Waals surface area contributed by atoms with E-state index in [4.69, 9.17) is 11.6 Å². The Bertz CT molecular complexity index is 942. The summed E-state index contributed by atoms with van der Waals surface area (Å²) in [6.07, 6.45) is 2.51. The highest BCUT2D eigenvalue weighted by molar-refractivity contribution is 7.92. The number of amides is 1. The van der Waals surface area contributed by atoms with Crippen molar-refractivity contribution in [3.63, 3.8) is 0 Å². The third-order valence-corrected chi connectivity index (χ3v) is 6.88. The van der Waals surface area contributed by atoms with Crippen LogP contribution in [0.3, 0.4) is 0 Å². The fourth-order valence-corrected chi connectivity index (χ4v) is 5.13. The number of unbranched alkanes of at least 4 members (excludes halogenated alkanes) is 1. The third kappa shape index (κ3) is 3.96. The summed E-state index contributed by atoms with van der Waals surface area (Å²) in [5.74, 6) is -0.127. The minimum Gasteiger partial charge on any atom is -0.352 e. The number of benzene rings is 2. The lowest BCUT2D eigenvalue weighted by Crippen LogP contribution is -2.35. The van der Waals surface area contributed by atoms with Gasteiger partial charge in [-0.2, -0.15) is 0 Å². The molecule has 1 aliphatic rings. The van der Waals surface area contributed by atoms with Gasteiger partial charge in [-0.1, -0.05) is 24.9 Å². The van der Waals surface area contributed by atoms with E-state index in [0.29, 0.717) is 29.2 Å². The summed E-state index contributed by atoms with van der Waals surface area (Å²) in [4.78, 5) is 12.5. The number of fused-ring (bicyclic) bond motifs is 1. The SMILES string of the molecule is CCCCNC(=O)c1ccc2c(c1)C[C@@H](C)N2S(=O)(=O)c1ccc(Cl)cc1. The highest BCUT2D eigenvalue weighted by Crippen LogP contribution is 2.37. The molecule has 144 valence electrons. The fraction of sp³-hybridized carbons (Fsp3) is 0.350. The van der Waals surface area contributed by atoms with Crippen molar-refractivity contribution >= 4 is 33.2 Å². The molecule has 1 N–H and O–H groups in total. The Hall–Kier alpha value is -2.05. The third-order valence-electron chi connectivity index (χ3n) is 4.68. The number of carbonyl (C=O) groups excluding carboxylic acids is 1. The molecule has 1 aliphatic heterocycles. The molecule has 0 radical (unpaired) electrons. The van der Waals surface area contributed by atoms with E-state index in [1.807, 2.05) is 6.92 Å². The highest BCUT2D eigenvalue weighted by atomic mass is 35.5. The van der Waals surface area contributed by atoms with Crippen LogP contribution in [0.2, 0.25) is 5.02 Å². The number of nitrogens with one attached hydrogen (secondary N) is 1. The Kier molecular flexibility index (Phi) is 5.77. The summed E-state index contributed by atoms with van der Waals surface area (Å²) in [5.41, 5.74) is 2.05. The van der Waals surface area contributed by atoms with Gasteiger partial charge in [0, 0.05) is 23.2 Å². The zero-order valence-corrected chi connectivity index (χ0v) is 17.0. The van der Waals surface area contributed by atoms with Crippen LogP contribution in [0, 0.1) is 0 Å². The zero-order chi connectivity index (χ0) is 19.6. The van der Waals surface area contributed by atoms with Crippen LogP contribution >= 0.6 is 11.6 Å². The lowest BCUT2D eigenvalue weighted by molar-refractivity contribution is 0.0953. The molecule has 0 bridgehead atoms. The van der Waals surface area contributed by atoms with Gasteiger partial charge in [-0.25, -0.2) is 8.42 Å². The first kappa shape index (κ1) is 19.7. The molecular weight excluding hydrogens is 384 g/mol. The average Bonchev–Trinajstić information content (AvgIpc) is 2.97. The molecule has 5 nitrogen and oxygen atoms in total. The topological polar surface area (TPSA) is 66.5 Å². The normalized spacial score (nSPS) is 16.3. The molecule has 1 amide bonds. The molecular formula is C20H23ClN2O3S. The molecule has 0 aliphatic carbocycles. The minimum atomic E-state index is -3.69. The van der Waals surface area contributed by atoms with Gasteiger partial charge in [-0.15, -0.1) is 0 Å². The van der Waals surface area contributed by atoms with Gasteiger partial charge in [0.05, 0.1) is 10.6 Å². The Balaban J connectivity index is 1.89. The maximum Gasteiger partial charge on any atom is 0.264 e. The summed E-state index contributed by atoms with van der Waals surface area (Å²) in [5, 5.41) is 3.38. The molecule has 0 spiro atoms. The Morgan fingerprint density at radius 3 is 2.59 bits per heavy atom. The second-order valence-corrected chi connectivity index (χ2v) is 9.01. The van der Waals surface area contributed by atoms with Gasteiger partial charge < -0.3 is 5.32 Å². The van der Waals surface area contributed by atoms with Gasteiger partial charge in [-0.05, 0) is 67.8 Å². The largest absolute Gasteiger partial charge is 0.352 e. The zero-order valence-electron chi connectivity index (χ0n) is 15.4. The number of halogens is 1. The van der Waals surface area contributed by atoms with Crippen molar-refractivity contribution in [3.8, 4) is 0 Å². The van der Waals surface area contributed by atoms with Crippen LogP contribution in [0.25, 0.3) is 0 Å². The van der Waals surface area contributed by atoms with E-state index >= 15 is 0 Å². The van der Waals surface area contributed by atoms with Gasteiger partial charge in [0.15, 0.2) is 0 Å². The molecule has 2 aromatic carbocycles. The summed E-state index contributed by atoms with van der Waals surface area (Å²) >= 11 is 5.88. The number of anilines is 1. The van der Waals surface area contributed by atoms with Gasteiger partial charge in [0.1, 0.15) is 0 Å². The number of hydrogen-bond acceptors (Lipinski definition) is 3. The summed E-state index contributed by atoms with van der Waals surface area (Å²) < 4.78 is 27.7. The van der Waals surface area contributed by atoms with Crippen molar-refractivity contribution in [2.75, 3.05) is 10.8 Å². The molecule has 0 aromatic heterocycles. The number of sulfonamides is 1. The first-order valence-electron chi connectivity index (χ1n) is 9.05. The Morgan fingerprint density at radius 1 is 1.22 bits per heavy atom. The van der Waals surface area contributed by atoms with Crippen molar-refractivity contribution in [2.45, 2.75) is 44.0 Å². The maximum absolute atomic E-state index is 13.1. The lowest BCUT2D eigenvalue weighted by atomic mass is 10.1. The number of carbonyl (C=O) groups is 1. The molecule has 0 fully saturated rings. The van der Waals surface area contributed by atoms with Crippen LogP contribution in [0.5, 0.6) is 0 Å². The van der Waals surface area contributed by atoms with E-state index in [2.05, 4.69) is 12.2 Å². The summed E-state index contributed by atoms with van der Waals surface area (Å²) in [6.45, 7) is 4.58. The van der Waals surface area contributed by atoms with Crippen LogP contribution in [-0.4, -0.2) is 26.9 Å². The predicted molar refractivity (Wildman–Crippen MR) is 108 cm³/mol. The van der Waals surface area contributed by atoms with E-state index in [9.17, 15) is 13.2 Å². The highest BCUT2D eigenvalue weighted by Gasteiger charge is 2.36. The standard InChI is InChI=1S/C20H23ClN2O3S/c1-3-4-11-22-20(24)15-5-10-19-16(13-15)12-14(2)23(19)27(25,26)18-8-6-17(21)7-9-18/h5-10,13-14H,3-4,11-12H2,1-2H3,(H,22,24)/t14-/m1/s1. The molecule has 7 heteroatoms. The van der Waals surface area contributed by atoms with Crippen LogP contribution in [0.15, 0.2) is 47.4 Å². The Labute approximate surface area is 165 Å². The van der Waals surface area contributed by atoms with E-state index in [-0.39, 0.29) is 16.8 Å². The molecule has 2 aromatic rings. The number of nitrogens with zero attached hydrogens (tertiary/aromatic N) is 1. The van der Waals surface area contributed by atoms with Gasteiger partial charge in [0.25, 0.3) is 15.9 Å². The van der Waals surface area contributed by atoms with Gasteiger partial charge in [0.2, 0.25) is 0 Å². The van der Waals surface area contributed by atoms with Crippen molar-refractivity contribution in [1.82, 2.24) is 5.32 Å². The maximum atomic E-state index is 13.1.